The van der Waals surface area contributed by atoms with Crippen LogP contribution in [0.5, 0.6) is 0 Å². The highest BCUT2D eigenvalue weighted by Crippen LogP contribution is 2.33. The normalized spacial score (nSPS) is 10.4. The Morgan fingerprint density at radius 2 is 1.90 bits per heavy atom. The van der Waals surface area contributed by atoms with Crippen molar-refractivity contribution >= 4 is 34.6 Å². The van der Waals surface area contributed by atoms with Gasteiger partial charge in [-0.3, -0.25) is 10.1 Å². The Kier molecular flexibility index (Phi) is 4.98. The number of nitrogens with zero attached hydrogens (tertiary/aromatic N) is 1. The van der Waals surface area contributed by atoms with Gasteiger partial charge in [0.05, 0.1) is 15.0 Å². The molecule has 0 atom stereocenters. The summed E-state index contributed by atoms with van der Waals surface area (Å²) in [6, 6.07) is 8.80. The number of hydrogen-bond donors (Lipinski definition) is 1. The second kappa shape index (κ2) is 6.74. The van der Waals surface area contributed by atoms with Gasteiger partial charge in [0.2, 0.25) is 0 Å². The molecule has 1 N–H and O–H groups in total. The number of benzene rings is 2. The molecule has 0 heterocycles. The van der Waals surface area contributed by atoms with Gasteiger partial charge in [-0.05, 0) is 30.2 Å². The van der Waals surface area contributed by atoms with Crippen molar-refractivity contribution in [3.05, 3.63) is 67.9 Å². The van der Waals surface area contributed by atoms with E-state index < -0.39 is 4.92 Å². The summed E-state index contributed by atoms with van der Waals surface area (Å²) in [7, 11) is 0. The summed E-state index contributed by atoms with van der Waals surface area (Å²) < 4.78 is 13.0. The molecule has 2 aromatic carbocycles. The van der Waals surface area contributed by atoms with Crippen LogP contribution in [0, 0.1) is 15.9 Å². The molecule has 0 fully saturated rings. The van der Waals surface area contributed by atoms with Crippen LogP contribution in [0.4, 0.5) is 15.8 Å². The van der Waals surface area contributed by atoms with Gasteiger partial charge < -0.3 is 5.32 Å². The van der Waals surface area contributed by atoms with E-state index in [1.807, 2.05) is 0 Å². The van der Waals surface area contributed by atoms with Crippen LogP contribution < -0.4 is 5.32 Å². The maximum absolute atomic E-state index is 13.0. The van der Waals surface area contributed by atoms with E-state index in [1.54, 1.807) is 12.1 Å². The van der Waals surface area contributed by atoms with Crippen molar-refractivity contribution in [2.45, 2.75) is 6.42 Å². The highest BCUT2D eigenvalue weighted by Gasteiger charge is 2.16. The average Bonchev–Trinajstić information content (AvgIpc) is 2.42. The number of nitro benzene ring substituents is 1. The summed E-state index contributed by atoms with van der Waals surface area (Å²) >= 11 is 11.6. The van der Waals surface area contributed by atoms with Gasteiger partial charge >= 0.3 is 0 Å². The first-order valence-corrected chi connectivity index (χ1v) is 6.84. The number of nitrogens with one attached hydrogen (secondary N) is 1. The Hall–Kier alpha value is -1.85. The number of anilines is 1. The molecule has 0 saturated heterocycles. The van der Waals surface area contributed by atoms with Crippen molar-refractivity contribution < 1.29 is 9.31 Å². The Labute approximate surface area is 130 Å². The van der Waals surface area contributed by atoms with E-state index >= 15 is 0 Å². The Morgan fingerprint density at radius 3 is 2.57 bits per heavy atom. The molecule has 4 nitrogen and oxygen atoms in total. The highest BCUT2D eigenvalue weighted by molar-refractivity contribution is 6.42. The first-order valence-electron chi connectivity index (χ1n) is 6.09. The number of hydrogen-bond acceptors (Lipinski definition) is 3. The van der Waals surface area contributed by atoms with Gasteiger partial charge in [-0.1, -0.05) is 35.3 Å². The molecule has 0 radical (unpaired) electrons. The average molecular weight is 329 g/mol. The van der Waals surface area contributed by atoms with E-state index in [9.17, 15) is 14.5 Å². The molecule has 2 rings (SSSR count). The van der Waals surface area contributed by atoms with Gasteiger partial charge in [0.1, 0.15) is 11.5 Å². The van der Waals surface area contributed by atoms with Gasteiger partial charge in [-0.2, -0.15) is 0 Å². The maximum atomic E-state index is 13.0. The zero-order chi connectivity index (χ0) is 15.4. The van der Waals surface area contributed by atoms with Gasteiger partial charge in [0, 0.05) is 12.6 Å². The van der Waals surface area contributed by atoms with Gasteiger partial charge in [-0.25, -0.2) is 4.39 Å². The van der Waals surface area contributed by atoms with Crippen LogP contribution in [0.15, 0.2) is 36.4 Å². The quantitative estimate of drug-likeness (QED) is 0.639. The van der Waals surface area contributed by atoms with E-state index in [-0.39, 0.29) is 27.2 Å². The summed E-state index contributed by atoms with van der Waals surface area (Å²) in [5.74, 6) is -0.312. The fraction of sp³-hybridized carbons (Fsp3) is 0.143. The minimum absolute atomic E-state index is 0.124. The molecule has 0 aliphatic rings. The lowest BCUT2D eigenvalue weighted by Gasteiger charge is -2.08. The Balaban J connectivity index is 2.09. The van der Waals surface area contributed by atoms with Crippen LogP contribution in [-0.4, -0.2) is 11.5 Å². The standard InChI is InChI=1S/C14H11Cl2FN2O2/c15-11-7-13(14(19(20)21)8-12(11)16)18-5-4-9-2-1-3-10(17)6-9/h1-3,6-8,18H,4-5H2. The number of rotatable bonds is 5. The van der Waals surface area contributed by atoms with Gasteiger partial charge in [0.15, 0.2) is 0 Å². The molecule has 0 aliphatic carbocycles. The van der Waals surface area contributed by atoms with Crippen molar-refractivity contribution in [3.8, 4) is 0 Å². The highest BCUT2D eigenvalue weighted by atomic mass is 35.5. The van der Waals surface area contributed by atoms with Crippen molar-refractivity contribution in [1.29, 1.82) is 0 Å². The summed E-state index contributed by atoms with van der Waals surface area (Å²) in [6.07, 6.45) is 0.523. The fourth-order valence-electron chi connectivity index (χ4n) is 1.86. The van der Waals surface area contributed by atoms with E-state index in [1.165, 1.54) is 24.3 Å². The zero-order valence-corrected chi connectivity index (χ0v) is 12.3. The SMILES string of the molecule is O=[N+]([O-])c1cc(Cl)c(Cl)cc1NCCc1cccc(F)c1. The maximum Gasteiger partial charge on any atom is 0.293 e. The van der Waals surface area contributed by atoms with E-state index in [0.29, 0.717) is 13.0 Å². The van der Waals surface area contributed by atoms with Gasteiger partial charge in [0.25, 0.3) is 5.69 Å². The van der Waals surface area contributed by atoms with Crippen LogP contribution in [-0.2, 0) is 6.42 Å². The topological polar surface area (TPSA) is 55.2 Å². The lowest BCUT2D eigenvalue weighted by Crippen LogP contribution is -2.07. The van der Waals surface area contributed by atoms with Crippen molar-refractivity contribution in [3.63, 3.8) is 0 Å². The molecule has 21 heavy (non-hydrogen) atoms. The summed E-state index contributed by atoms with van der Waals surface area (Å²) in [4.78, 5) is 10.4. The third-order valence-corrected chi connectivity index (χ3v) is 3.58. The molecule has 0 unspecified atom stereocenters. The number of halogens is 3. The van der Waals surface area contributed by atoms with Crippen molar-refractivity contribution in [2.75, 3.05) is 11.9 Å². The molecule has 2 aromatic rings. The predicted octanol–water partition coefficient (Wildman–Crippen LogP) is 4.70. The molecule has 110 valence electrons. The molecule has 0 spiro atoms. The van der Waals surface area contributed by atoms with Crippen LogP contribution in [0.3, 0.4) is 0 Å². The first kappa shape index (κ1) is 15.5. The van der Waals surface area contributed by atoms with Crippen LogP contribution in [0.1, 0.15) is 5.56 Å². The molecular weight excluding hydrogens is 318 g/mol. The lowest BCUT2D eigenvalue weighted by atomic mass is 10.1. The second-order valence-corrected chi connectivity index (χ2v) is 5.16. The minimum atomic E-state index is -0.535. The molecule has 0 amide bonds. The number of nitro groups is 1. The van der Waals surface area contributed by atoms with Crippen LogP contribution in [0.2, 0.25) is 10.0 Å². The predicted molar refractivity (Wildman–Crippen MR) is 81.7 cm³/mol. The molecular formula is C14H11Cl2FN2O2. The fourth-order valence-corrected chi connectivity index (χ4v) is 2.18. The summed E-state index contributed by atoms with van der Waals surface area (Å²) in [5, 5.41) is 14.3. The van der Waals surface area contributed by atoms with Crippen LogP contribution in [0.25, 0.3) is 0 Å². The smallest absolute Gasteiger partial charge is 0.293 e. The Morgan fingerprint density at radius 1 is 1.19 bits per heavy atom. The van der Waals surface area contributed by atoms with E-state index in [4.69, 9.17) is 23.2 Å². The summed E-state index contributed by atoms with van der Waals surface area (Å²) in [6.45, 7) is 0.405. The molecule has 0 saturated carbocycles. The van der Waals surface area contributed by atoms with Crippen molar-refractivity contribution in [2.24, 2.45) is 0 Å². The van der Waals surface area contributed by atoms with Crippen molar-refractivity contribution in [1.82, 2.24) is 0 Å². The third kappa shape index (κ3) is 4.06. The largest absolute Gasteiger partial charge is 0.379 e. The summed E-state index contributed by atoms with van der Waals surface area (Å²) in [5.41, 5.74) is 0.930. The zero-order valence-electron chi connectivity index (χ0n) is 10.8. The monoisotopic (exact) mass is 328 g/mol. The van der Waals surface area contributed by atoms with E-state index in [2.05, 4.69) is 5.32 Å². The van der Waals surface area contributed by atoms with E-state index in [0.717, 1.165) is 5.56 Å². The molecule has 0 aromatic heterocycles. The lowest BCUT2D eigenvalue weighted by molar-refractivity contribution is -0.383. The molecule has 0 aliphatic heterocycles. The second-order valence-electron chi connectivity index (χ2n) is 4.35. The molecule has 7 heteroatoms. The molecule has 0 bridgehead atoms. The van der Waals surface area contributed by atoms with Crippen LogP contribution >= 0.6 is 23.2 Å². The van der Waals surface area contributed by atoms with Gasteiger partial charge in [-0.15, -0.1) is 0 Å². The Bertz CT molecular complexity index is 680. The third-order valence-electron chi connectivity index (χ3n) is 2.85. The first-order chi connectivity index (χ1) is 9.97. The minimum Gasteiger partial charge on any atom is -0.379 e.